The summed E-state index contributed by atoms with van der Waals surface area (Å²) in [6.07, 6.45) is 4.43. The van der Waals surface area contributed by atoms with Gasteiger partial charge in [-0.15, -0.1) is 0 Å². The van der Waals surface area contributed by atoms with Crippen molar-refractivity contribution in [3.8, 4) is 0 Å². The van der Waals surface area contributed by atoms with Gasteiger partial charge in [0.2, 0.25) is 0 Å². The molecule has 0 amide bonds. The van der Waals surface area contributed by atoms with Crippen LogP contribution < -0.4 is 0 Å². The molecule has 1 rings (SSSR count). The van der Waals surface area contributed by atoms with Gasteiger partial charge in [0.1, 0.15) is 6.04 Å². The van der Waals surface area contributed by atoms with Gasteiger partial charge in [-0.3, -0.25) is 9.69 Å². The van der Waals surface area contributed by atoms with Gasteiger partial charge in [0.25, 0.3) is 0 Å². The standard InChI is InChI=1S/C13H25NO3/c1-4-13(16,5-2)10-14-9-7-6-8-11(14)12(15)17-3/h11,16H,4-10H2,1-3H3/t11-/m1/s1. The molecule has 0 aromatic rings. The lowest BCUT2D eigenvalue weighted by Crippen LogP contribution is -2.52. The van der Waals surface area contributed by atoms with Crippen LogP contribution in [0.4, 0.5) is 0 Å². The Morgan fingerprint density at radius 2 is 2.06 bits per heavy atom. The van der Waals surface area contributed by atoms with Gasteiger partial charge in [0.15, 0.2) is 0 Å². The van der Waals surface area contributed by atoms with E-state index in [9.17, 15) is 9.90 Å². The number of methoxy groups -OCH3 is 1. The number of aliphatic hydroxyl groups is 1. The van der Waals surface area contributed by atoms with Gasteiger partial charge < -0.3 is 9.84 Å². The van der Waals surface area contributed by atoms with Crippen molar-refractivity contribution in [1.29, 1.82) is 0 Å². The van der Waals surface area contributed by atoms with Gasteiger partial charge in [0, 0.05) is 6.54 Å². The topological polar surface area (TPSA) is 49.8 Å². The molecule has 4 nitrogen and oxygen atoms in total. The molecule has 1 aliphatic heterocycles. The van der Waals surface area contributed by atoms with Crippen LogP contribution in [0, 0.1) is 0 Å². The number of esters is 1. The average Bonchev–Trinajstić information content (AvgIpc) is 2.38. The third kappa shape index (κ3) is 3.68. The lowest BCUT2D eigenvalue weighted by atomic mass is 9.93. The van der Waals surface area contributed by atoms with Gasteiger partial charge in [-0.2, -0.15) is 0 Å². The van der Waals surface area contributed by atoms with E-state index in [1.54, 1.807) is 0 Å². The maximum atomic E-state index is 11.7. The summed E-state index contributed by atoms with van der Waals surface area (Å²) < 4.78 is 4.84. The molecule has 4 heteroatoms. The lowest BCUT2D eigenvalue weighted by Gasteiger charge is -2.39. The van der Waals surface area contributed by atoms with Crippen molar-refractivity contribution in [2.45, 2.75) is 57.6 Å². The Balaban J connectivity index is 2.68. The van der Waals surface area contributed by atoms with Crippen molar-refractivity contribution in [2.24, 2.45) is 0 Å². The van der Waals surface area contributed by atoms with Gasteiger partial charge in [-0.25, -0.2) is 0 Å². The fourth-order valence-electron chi connectivity index (χ4n) is 2.43. The Hall–Kier alpha value is -0.610. The molecule has 0 aromatic heterocycles. The predicted molar refractivity (Wildman–Crippen MR) is 66.8 cm³/mol. The van der Waals surface area contributed by atoms with Crippen LogP contribution >= 0.6 is 0 Å². The molecule has 17 heavy (non-hydrogen) atoms. The number of likely N-dealkylation sites (tertiary alicyclic amines) is 1. The minimum absolute atomic E-state index is 0.167. The number of rotatable bonds is 5. The molecule has 0 spiro atoms. The molecule has 1 aliphatic rings. The first-order valence-electron chi connectivity index (χ1n) is 6.60. The van der Waals surface area contributed by atoms with Crippen molar-refractivity contribution >= 4 is 5.97 Å². The van der Waals surface area contributed by atoms with Crippen molar-refractivity contribution in [1.82, 2.24) is 4.90 Å². The molecule has 0 unspecified atom stereocenters. The summed E-state index contributed by atoms with van der Waals surface area (Å²) in [5.74, 6) is -0.167. The molecule has 0 radical (unpaired) electrons. The van der Waals surface area contributed by atoms with E-state index < -0.39 is 5.60 Å². The molecule has 1 N–H and O–H groups in total. The van der Waals surface area contributed by atoms with Crippen molar-refractivity contribution in [3.63, 3.8) is 0 Å². The highest BCUT2D eigenvalue weighted by Gasteiger charge is 2.34. The first-order valence-corrected chi connectivity index (χ1v) is 6.60. The van der Waals surface area contributed by atoms with Crippen LogP contribution in [-0.4, -0.2) is 47.8 Å². The Morgan fingerprint density at radius 1 is 1.41 bits per heavy atom. The summed E-state index contributed by atoms with van der Waals surface area (Å²) in [4.78, 5) is 13.8. The normalized spacial score (nSPS) is 22.5. The third-order valence-electron chi connectivity index (χ3n) is 3.90. The van der Waals surface area contributed by atoms with E-state index in [1.807, 2.05) is 13.8 Å². The van der Waals surface area contributed by atoms with Crippen LogP contribution in [0.1, 0.15) is 46.0 Å². The predicted octanol–water partition coefficient (Wildman–Crippen LogP) is 1.56. The van der Waals surface area contributed by atoms with Gasteiger partial charge in [-0.05, 0) is 32.2 Å². The van der Waals surface area contributed by atoms with Crippen molar-refractivity contribution < 1.29 is 14.6 Å². The number of nitrogens with zero attached hydrogens (tertiary/aromatic N) is 1. The fraction of sp³-hybridized carbons (Fsp3) is 0.923. The second kappa shape index (κ2) is 6.36. The number of hydrogen-bond acceptors (Lipinski definition) is 4. The summed E-state index contributed by atoms with van der Waals surface area (Å²) in [6.45, 7) is 5.42. The van der Waals surface area contributed by atoms with E-state index in [-0.39, 0.29) is 12.0 Å². The lowest BCUT2D eigenvalue weighted by molar-refractivity contribution is -0.150. The van der Waals surface area contributed by atoms with Gasteiger partial charge in [0.05, 0.1) is 12.7 Å². The second-order valence-corrected chi connectivity index (χ2v) is 4.94. The molecule has 1 atom stereocenters. The fourth-order valence-corrected chi connectivity index (χ4v) is 2.43. The zero-order chi connectivity index (χ0) is 12.9. The zero-order valence-electron chi connectivity index (χ0n) is 11.2. The van der Waals surface area contributed by atoms with E-state index in [0.29, 0.717) is 19.4 Å². The van der Waals surface area contributed by atoms with Crippen LogP contribution in [0.2, 0.25) is 0 Å². The number of ether oxygens (including phenoxy) is 1. The molecular weight excluding hydrogens is 218 g/mol. The number of hydrogen-bond donors (Lipinski definition) is 1. The quantitative estimate of drug-likeness (QED) is 0.745. The van der Waals surface area contributed by atoms with Crippen molar-refractivity contribution in [2.75, 3.05) is 20.2 Å². The summed E-state index contributed by atoms with van der Waals surface area (Å²) in [6, 6.07) is -0.168. The molecule has 0 aliphatic carbocycles. The molecule has 1 heterocycles. The highest BCUT2D eigenvalue weighted by Crippen LogP contribution is 2.23. The minimum atomic E-state index is -0.677. The second-order valence-electron chi connectivity index (χ2n) is 4.94. The van der Waals surface area contributed by atoms with E-state index in [0.717, 1.165) is 25.8 Å². The van der Waals surface area contributed by atoms with Crippen LogP contribution in [0.5, 0.6) is 0 Å². The number of carbonyl (C=O) groups is 1. The van der Waals surface area contributed by atoms with Crippen LogP contribution in [0.3, 0.4) is 0 Å². The maximum absolute atomic E-state index is 11.7. The minimum Gasteiger partial charge on any atom is -0.468 e. The van der Waals surface area contributed by atoms with E-state index >= 15 is 0 Å². The van der Waals surface area contributed by atoms with Crippen LogP contribution in [0.25, 0.3) is 0 Å². The third-order valence-corrected chi connectivity index (χ3v) is 3.90. The summed E-state index contributed by atoms with van der Waals surface area (Å²) >= 11 is 0. The number of β-amino-alcohol motifs (C(OH)–C–C–N with tert-alkyl or cyclic N) is 1. The summed E-state index contributed by atoms with van der Waals surface area (Å²) in [7, 11) is 1.43. The van der Waals surface area contributed by atoms with Crippen molar-refractivity contribution in [3.05, 3.63) is 0 Å². The summed E-state index contributed by atoms with van der Waals surface area (Å²) in [5.41, 5.74) is -0.677. The van der Waals surface area contributed by atoms with E-state index in [2.05, 4.69) is 4.90 Å². The Morgan fingerprint density at radius 3 is 2.59 bits per heavy atom. The van der Waals surface area contributed by atoms with Crippen LogP contribution in [-0.2, 0) is 9.53 Å². The number of piperidine rings is 1. The Bertz CT molecular complexity index is 251. The Labute approximate surface area is 104 Å². The van der Waals surface area contributed by atoms with E-state index in [1.165, 1.54) is 7.11 Å². The Kier molecular flexibility index (Phi) is 5.40. The first-order chi connectivity index (χ1) is 8.06. The molecule has 1 fully saturated rings. The highest BCUT2D eigenvalue weighted by molar-refractivity contribution is 5.75. The largest absolute Gasteiger partial charge is 0.468 e. The van der Waals surface area contributed by atoms with Gasteiger partial charge >= 0.3 is 5.97 Å². The van der Waals surface area contributed by atoms with Gasteiger partial charge in [-0.1, -0.05) is 20.3 Å². The average molecular weight is 243 g/mol. The molecule has 1 saturated heterocycles. The maximum Gasteiger partial charge on any atom is 0.323 e. The summed E-state index contributed by atoms with van der Waals surface area (Å²) in [5, 5.41) is 10.4. The smallest absolute Gasteiger partial charge is 0.323 e. The molecule has 0 saturated carbocycles. The molecule has 100 valence electrons. The zero-order valence-corrected chi connectivity index (χ0v) is 11.2. The number of carbonyl (C=O) groups excluding carboxylic acids is 1. The first kappa shape index (κ1) is 14.5. The molecular formula is C13H25NO3. The monoisotopic (exact) mass is 243 g/mol. The van der Waals surface area contributed by atoms with Crippen LogP contribution in [0.15, 0.2) is 0 Å². The highest BCUT2D eigenvalue weighted by atomic mass is 16.5. The molecule has 0 bridgehead atoms. The van der Waals surface area contributed by atoms with E-state index in [4.69, 9.17) is 4.74 Å². The SMILES string of the molecule is CCC(O)(CC)CN1CCCC[C@@H]1C(=O)OC. The molecule has 0 aromatic carbocycles.